The first-order chi connectivity index (χ1) is 14.1. The van der Waals surface area contributed by atoms with Gasteiger partial charge in [-0.05, 0) is 62.7 Å². The smallest absolute Gasteiger partial charge is 0.261 e. The van der Waals surface area contributed by atoms with Crippen molar-refractivity contribution >= 4 is 28.9 Å². The van der Waals surface area contributed by atoms with Gasteiger partial charge in [-0.25, -0.2) is 0 Å². The molecule has 2 amide bonds. The molecule has 0 fully saturated rings. The summed E-state index contributed by atoms with van der Waals surface area (Å²) in [4.78, 5) is 28.4. The van der Waals surface area contributed by atoms with Crippen LogP contribution in [0, 0.1) is 11.3 Å². The van der Waals surface area contributed by atoms with E-state index in [9.17, 15) is 9.59 Å². The van der Waals surface area contributed by atoms with Crippen LogP contribution in [0.25, 0.3) is 0 Å². The second kappa shape index (κ2) is 9.11. The number of unbranched alkanes of at least 4 members (excludes halogenated alkanes) is 1. The molecule has 1 heterocycles. The van der Waals surface area contributed by atoms with Gasteiger partial charge in [0.25, 0.3) is 11.8 Å². The third-order valence-corrected chi connectivity index (χ3v) is 4.88. The summed E-state index contributed by atoms with van der Waals surface area (Å²) >= 11 is 0. The Balaban J connectivity index is 1.74. The standard InChI is InChI=1S/C22H23N5O2/c1-3-26(4-2)18-10-7-16(8-11-18)24-25-17-9-12-19-20(15-17)22(29)27(21(19)28)14-6-5-13-23/h7-12,15H,3-6,14H2,1-2H3. The fourth-order valence-electron chi connectivity index (χ4n) is 3.29. The predicted octanol–water partition coefficient (Wildman–Crippen LogP) is 4.85. The van der Waals surface area contributed by atoms with Crippen LogP contribution in [0.4, 0.5) is 17.1 Å². The van der Waals surface area contributed by atoms with Crippen molar-refractivity contribution in [1.29, 1.82) is 5.26 Å². The number of carbonyl (C=O) groups is 2. The highest BCUT2D eigenvalue weighted by Crippen LogP contribution is 2.28. The molecule has 0 aromatic heterocycles. The molecule has 7 nitrogen and oxygen atoms in total. The molecular formula is C22H23N5O2. The van der Waals surface area contributed by atoms with Gasteiger partial charge in [0.05, 0.1) is 28.6 Å². The number of rotatable bonds is 8. The van der Waals surface area contributed by atoms with Gasteiger partial charge in [0.15, 0.2) is 0 Å². The normalized spacial score (nSPS) is 13.1. The van der Waals surface area contributed by atoms with E-state index in [-0.39, 0.29) is 18.4 Å². The Kier molecular flexibility index (Phi) is 6.35. The highest BCUT2D eigenvalue weighted by Gasteiger charge is 2.35. The highest BCUT2D eigenvalue weighted by molar-refractivity contribution is 6.21. The van der Waals surface area contributed by atoms with Crippen molar-refractivity contribution in [1.82, 2.24) is 4.90 Å². The quantitative estimate of drug-likeness (QED) is 0.367. The number of hydrogen-bond acceptors (Lipinski definition) is 6. The van der Waals surface area contributed by atoms with Crippen molar-refractivity contribution in [3.8, 4) is 6.07 Å². The molecule has 1 aliphatic heterocycles. The van der Waals surface area contributed by atoms with E-state index in [0.717, 1.165) is 18.8 Å². The van der Waals surface area contributed by atoms with Crippen LogP contribution < -0.4 is 4.90 Å². The van der Waals surface area contributed by atoms with E-state index >= 15 is 0 Å². The maximum Gasteiger partial charge on any atom is 0.261 e. The Morgan fingerprint density at radius 1 is 0.931 bits per heavy atom. The van der Waals surface area contributed by atoms with E-state index < -0.39 is 0 Å². The fraction of sp³-hybridized carbons (Fsp3) is 0.318. The lowest BCUT2D eigenvalue weighted by Crippen LogP contribution is -2.30. The van der Waals surface area contributed by atoms with Gasteiger partial charge in [-0.3, -0.25) is 14.5 Å². The van der Waals surface area contributed by atoms with Crippen molar-refractivity contribution < 1.29 is 9.59 Å². The number of nitriles is 1. The van der Waals surface area contributed by atoms with Gasteiger partial charge in [0, 0.05) is 31.7 Å². The zero-order valence-corrected chi connectivity index (χ0v) is 16.6. The van der Waals surface area contributed by atoms with Crippen LogP contribution in [0.2, 0.25) is 0 Å². The van der Waals surface area contributed by atoms with Crippen molar-refractivity contribution in [2.75, 3.05) is 24.5 Å². The van der Waals surface area contributed by atoms with Gasteiger partial charge >= 0.3 is 0 Å². The van der Waals surface area contributed by atoms with Gasteiger partial charge in [0.2, 0.25) is 0 Å². The Morgan fingerprint density at radius 2 is 1.55 bits per heavy atom. The first-order valence-corrected chi connectivity index (χ1v) is 9.73. The van der Waals surface area contributed by atoms with Crippen LogP contribution in [0.1, 0.15) is 47.4 Å². The molecule has 7 heteroatoms. The van der Waals surface area contributed by atoms with Crippen LogP contribution in [0.15, 0.2) is 52.7 Å². The monoisotopic (exact) mass is 389 g/mol. The second-order valence-electron chi connectivity index (χ2n) is 6.64. The lowest BCUT2D eigenvalue weighted by molar-refractivity contribution is 0.0653. The molecule has 1 aliphatic rings. The topological polar surface area (TPSA) is 89.1 Å². The maximum absolute atomic E-state index is 12.5. The van der Waals surface area contributed by atoms with Crippen LogP contribution in [0.5, 0.6) is 0 Å². The third-order valence-electron chi connectivity index (χ3n) is 4.88. The number of azo groups is 1. The van der Waals surface area contributed by atoms with Crippen molar-refractivity contribution in [3.63, 3.8) is 0 Å². The fourth-order valence-corrected chi connectivity index (χ4v) is 3.29. The minimum Gasteiger partial charge on any atom is -0.372 e. The summed E-state index contributed by atoms with van der Waals surface area (Å²) in [5.41, 5.74) is 3.06. The molecule has 0 bridgehead atoms. The Hall–Kier alpha value is -3.53. The largest absolute Gasteiger partial charge is 0.372 e. The van der Waals surface area contributed by atoms with Crippen molar-refractivity contribution in [3.05, 3.63) is 53.6 Å². The zero-order chi connectivity index (χ0) is 20.8. The van der Waals surface area contributed by atoms with Gasteiger partial charge < -0.3 is 4.90 Å². The number of carbonyl (C=O) groups excluding carboxylic acids is 2. The van der Waals surface area contributed by atoms with E-state index in [1.165, 1.54) is 4.90 Å². The zero-order valence-electron chi connectivity index (χ0n) is 16.6. The Bertz CT molecular complexity index is 972. The predicted molar refractivity (Wildman–Crippen MR) is 111 cm³/mol. The van der Waals surface area contributed by atoms with Crippen LogP contribution in [-0.2, 0) is 0 Å². The molecule has 2 aromatic carbocycles. The van der Waals surface area contributed by atoms with E-state index in [0.29, 0.717) is 35.3 Å². The van der Waals surface area contributed by atoms with Gasteiger partial charge in [-0.1, -0.05) is 0 Å². The molecule has 3 rings (SSSR count). The number of anilines is 1. The minimum absolute atomic E-state index is 0.246. The molecular weight excluding hydrogens is 366 g/mol. The van der Waals surface area contributed by atoms with E-state index in [1.54, 1.807) is 18.2 Å². The molecule has 0 N–H and O–H groups in total. The van der Waals surface area contributed by atoms with E-state index in [2.05, 4.69) is 29.0 Å². The Labute approximate surface area is 170 Å². The molecule has 0 saturated heterocycles. The molecule has 0 radical (unpaired) electrons. The summed E-state index contributed by atoms with van der Waals surface area (Å²) in [6.07, 6.45) is 0.776. The number of fused-ring (bicyclic) bond motifs is 1. The average Bonchev–Trinajstić information content (AvgIpc) is 2.98. The van der Waals surface area contributed by atoms with E-state index in [1.807, 2.05) is 30.3 Å². The lowest BCUT2D eigenvalue weighted by Gasteiger charge is -2.20. The third kappa shape index (κ3) is 4.32. The number of amides is 2. The first kappa shape index (κ1) is 20.2. The average molecular weight is 389 g/mol. The van der Waals surface area contributed by atoms with Crippen LogP contribution >= 0.6 is 0 Å². The maximum atomic E-state index is 12.5. The number of hydrogen-bond donors (Lipinski definition) is 0. The molecule has 29 heavy (non-hydrogen) atoms. The molecule has 2 aromatic rings. The van der Waals surface area contributed by atoms with Crippen molar-refractivity contribution in [2.24, 2.45) is 10.2 Å². The molecule has 0 aliphatic carbocycles. The Morgan fingerprint density at radius 3 is 2.21 bits per heavy atom. The van der Waals surface area contributed by atoms with Crippen LogP contribution in [0.3, 0.4) is 0 Å². The summed E-state index contributed by atoms with van der Waals surface area (Å²) < 4.78 is 0. The summed E-state index contributed by atoms with van der Waals surface area (Å²) in [6, 6.07) is 14.7. The lowest BCUT2D eigenvalue weighted by atomic mass is 10.1. The molecule has 0 saturated carbocycles. The number of benzene rings is 2. The van der Waals surface area contributed by atoms with Crippen molar-refractivity contribution in [2.45, 2.75) is 26.7 Å². The van der Waals surface area contributed by atoms with Gasteiger partial charge in [0.1, 0.15) is 0 Å². The minimum atomic E-state index is -0.344. The molecule has 0 atom stereocenters. The van der Waals surface area contributed by atoms with Gasteiger partial charge in [-0.2, -0.15) is 15.5 Å². The summed E-state index contributed by atoms with van der Waals surface area (Å²) in [7, 11) is 0. The van der Waals surface area contributed by atoms with Crippen LogP contribution in [-0.4, -0.2) is 36.3 Å². The summed E-state index contributed by atoms with van der Waals surface area (Å²) in [6.45, 7) is 6.35. The van der Waals surface area contributed by atoms with E-state index in [4.69, 9.17) is 5.26 Å². The highest BCUT2D eigenvalue weighted by atomic mass is 16.2. The molecule has 148 valence electrons. The number of nitrogens with zero attached hydrogens (tertiary/aromatic N) is 5. The second-order valence-corrected chi connectivity index (χ2v) is 6.64. The summed E-state index contributed by atoms with van der Waals surface area (Å²) in [5, 5.41) is 17.1. The number of imide groups is 1. The summed E-state index contributed by atoms with van der Waals surface area (Å²) in [5.74, 6) is -0.665. The van der Waals surface area contributed by atoms with Gasteiger partial charge in [-0.15, -0.1) is 0 Å². The molecule has 0 spiro atoms. The SMILES string of the molecule is CCN(CC)c1ccc(N=Nc2ccc3c(c2)C(=O)N(CCCC#N)C3=O)cc1. The molecule has 0 unspecified atom stereocenters. The first-order valence-electron chi connectivity index (χ1n) is 9.73.